The summed E-state index contributed by atoms with van der Waals surface area (Å²) in [4.78, 5) is 26.1. The SMILES string of the molecule is CCc1nc(C)nc(N2CCN(C(=O)Nc3cccc(F)c3)CC2)c1Cc1ccc(Cl)cc1. The molecule has 8 heteroatoms. The fourth-order valence-electron chi connectivity index (χ4n) is 4.07. The molecule has 0 radical (unpaired) electrons. The molecule has 1 N–H and O–H groups in total. The van der Waals surface area contributed by atoms with Crippen LogP contribution in [0.25, 0.3) is 0 Å². The van der Waals surface area contributed by atoms with Crippen molar-refractivity contribution in [2.75, 3.05) is 36.4 Å². The van der Waals surface area contributed by atoms with Crippen molar-refractivity contribution in [1.29, 1.82) is 0 Å². The van der Waals surface area contributed by atoms with E-state index in [1.165, 1.54) is 12.1 Å². The maximum Gasteiger partial charge on any atom is 0.321 e. The number of piperazine rings is 1. The number of halogens is 2. The summed E-state index contributed by atoms with van der Waals surface area (Å²) >= 11 is 6.06. The fraction of sp³-hybridized carbons (Fsp3) is 0.320. The van der Waals surface area contributed by atoms with Gasteiger partial charge < -0.3 is 15.1 Å². The second-order valence-corrected chi connectivity index (χ2v) is 8.53. The number of benzene rings is 2. The van der Waals surface area contributed by atoms with Gasteiger partial charge in [0.25, 0.3) is 0 Å². The third-order valence-electron chi connectivity index (χ3n) is 5.75. The number of aryl methyl sites for hydroxylation is 2. The zero-order chi connectivity index (χ0) is 23.4. The van der Waals surface area contributed by atoms with Crippen molar-refractivity contribution in [3.05, 3.63) is 82.0 Å². The Bertz CT molecular complexity index is 1130. The van der Waals surface area contributed by atoms with Gasteiger partial charge in [-0.1, -0.05) is 36.7 Å². The molecule has 2 amide bonds. The van der Waals surface area contributed by atoms with Crippen molar-refractivity contribution in [3.63, 3.8) is 0 Å². The summed E-state index contributed by atoms with van der Waals surface area (Å²) in [6.07, 6.45) is 1.53. The van der Waals surface area contributed by atoms with Crippen LogP contribution in [0, 0.1) is 12.7 Å². The monoisotopic (exact) mass is 467 g/mol. The molecule has 3 aromatic rings. The predicted octanol–water partition coefficient (Wildman–Crippen LogP) is 5.08. The van der Waals surface area contributed by atoms with E-state index in [1.54, 1.807) is 17.0 Å². The number of amides is 2. The zero-order valence-electron chi connectivity index (χ0n) is 18.8. The quantitative estimate of drug-likeness (QED) is 0.568. The van der Waals surface area contributed by atoms with Crippen molar-refractivity contribution in [1.82, 2.24) is 14.9 Å². The number of nitrogens with one attached hydrogen (secondary N) is 1. The molecule has 1 aromatic heterocycles. The normalized spacial score (nSPS) is 13.8. The van der Waals surface area contributed by atoms with Crippen LogP contribution in [-0.2, 0) is 12.8 Å². The summed E-state index contributed by atoms with van der Waals surface area (Å²) in [6, 6.07) is 13.5. The molecule has 2 heterocycles. The number of rotatable bonds is 5. The van der Waals surface area contributed by atoms with Gasteiger partial charge in [0, 0.05) is 54.6 Å². The van der Waals surface area contributed by atoms with Gasteiger partial charge in [-0.25, -0.2) is 19.2 Å². The summed E-state index contributed by atoms with van der Waals surface area (Å²) in [7, 11) is 0. The van der Waals surface area contributed by atoms with E-state index in [0.29, 0.717) is 36.9 Å². The predicted molar refractivity (Wildman–Crippen MR) is 130 cm³/mol. The van der Waals surface area contributed by atoms with Gasteiger partial charge in [0.2, 0.25) is 0 Å². The summed E-state index contributed by atoms with van der Waals surface area (Å²) < 4.78 is 13.4. The molecule has 0 unspecified atom stereocenters. The molecule has 0 atom stereocenters. The molecule has 4 rings (SSSR count). The molecule has 1 saturated heterocycles. The van der Waals surface area contributed by atoms with Crippen LogP contribution in [0.5, 0.6) is 0 Å². The lowest BCUT2D eigenvalue weighted by molar-refractivity contribution is 0.208. The largest absolute Gasteiger partial charge is 0.353 e. The highest BCUT2D eigenvalue weighted by Gasteiger charge is 2.25. The Hall–Kier alpha value is -3.19. The molecule has 2 aromatic carbocycles. The molecular weight excluding hydrogens is 441 g/mol. The third-order valence-corrected chi connectivity index (χ3v) is 6.01. The fourth-order valence-corrected chi connectivity index (χ4v) is 4.20. The summed E-state index contributed by atoms with van der Waals surface area (Å²) in [5.41, 5.74) is 3.75. The average molecular weight is 468 g/mol. The van der Waals surface area contributed by atoms with Gasteiger partial charge in [0.1, 0.15) is 17.5 Å². The van der Waals surface area contributed by atoms with Gasteiger partial charge >= 0.3 is 6.03 Å². The van der Waals surface area contributed by atoms with E-state index in [4.69, 9.17) is 16.6 Å². The van der Waals surface area contributed by atoms with Crippen LogP contribution in [0.15, 0.2) is 48.5 Å². The lowest BCUT2D eigenvalue weighted by Crippen LogP contribution is -2.50. The molecule has 0 spiro atoms. The van der Waals surface area contributed by atoms with E-state index >= 15 is 0 Å². The molecular formula is C25H27ClFN5O. The van der Waals surface area contributed by atoms with Gasteiger partial charge in [-0.15, -0.1) is 0 Å². The van der Waals surface area contributed by atoms with E-state index in [-0.39, 0.29) is 11.8 Å². The summed E-state index contributed by atoms with van der Waals surface area (Å²) in [5, 5.41) is 3.49. The smallest absolute Gasteiger partial charge is 0.321 e. The van der Waals surface area contributed by atoms with Crippen LogP contribution in [0.3, 0.4) is 0 Å². The minimum Gasteiger partial charge on any atom is -0.353 e. The average Bonchev–Trinajstić information content (AvgIpc) is 2.81. The van der Waals surface area contributed by atoms with Crippen LogP contribution < -0.4 is 10.2 Å². The van der Waals surface area contributed by atoms with Crippen molar-refractivity contribution in [2.45, 2.75) is 26.7 Å². The minimum absolute atomic E-state index is 0.227. The number of anilines is 2. The number of carbonyl (C=O) groups excluding carboxylic acids is 1. The molecule has 1 aliphatic rings. The molecule has 6 nitrogen and oxygen atoms in total. The first-order valence-corrected chi connectivity index (χ1v) is 11.5. The van der Waals surface area contributed by atoms with Crippen molar-refractivity contribution >= 4 is 29.1 Å². The first kappa shape index (κ1) is 23.0. The molecule has 172 valence electrons. The van der Waals surface area contributed by atoms with Gasteiger partial charge in [-0.3, -0.25) is 0 Å². The Balaban J connectivity index is 1.49. The molecule has 0 bridgehead atoms. The van der Waals surface area contributed by atoms with Gasteiger partial charge in [-0.2, -0.15) is 0 Å². The number of aromatic nitrogens is 2. The lowest BCUT2D eigenvalue weighted by Gasteiger charge is -2.36. The standard InChI is InChI=1S/C25H27ClFN5O/c1-3-23-22(15-18-7-9-19(26)10-8-18)24(29-17(2)28-23)31-11-13-32(14-12-31)25(33)30-21-6-4-5-20(27)16-21/h4-10,16H,3,11-15H2,1-2H3,(H,30,33). The number of urea groups is 1. The molecule has 0 saturated carbocycles. The van der Waals surface area contributed by atoms with Crippen molar-refractivity contribution in [2.24, 2.45) is 0 Å². The van der Waals surface area contributed by atoms with Gasteiger partial charge in [0.15, 0.2) is 0 Å². The lowest BCUT2D eigenvalue weighted by atomic mass is 10.0. The molecule has 1 aliphatic heterocycles. The van der Waals surface area contributed by atoms with E-state index in [0.717, 1.165) is 41.3 Å². The van der Waals surface area contributed by atoms with E-state index < -0.39 is 0 Å². The number of hydrogen-bond donors (Lipinski definition) is 1. The highest BCUT2D eigenvalue weighted by atomic mass is 35.5. The Morgan fingerprint density at radius 1 is 1.09 bits per heavy atom. The molecule has 0 aliphatic carbocycles. The Kier molecular flexibility index (Phi) is 7.08. The maximum absolute atomic E-state index is 13.4. The maximum atomic E-state index is 13.4. The van der Waals surface area contributed by atoms with Crippen LogP contribution in [0.1, 0.15) is 29.6 Å². The van der Waals surface area contributed by atoms with Gasteiger partial charge in [0.05, 0.1) is 0 Å². The summed E-state index contributed by atoms with van der Waals surface area (Å²) in [6.45, 7) is 6.43. The highest BCUT2D eigenvalue weighted by molar-refractivity contribution is 6.30. The Morgan fingerprint density at radius 2 is 1.82 bits per heavy atom. The number of nitrogens with zero attached hydrogens (tertiary/aromatic N) is 4. The minimum atomic E-state index is -0.378. The molecule has 33 heavy (non-hydrogen) atoms. The van der Waals surface area contributed by atoms with Crippen LogP contribution in [-0.4, -0.2) is 47.1 Å². The molecule has 1 fully saturated rings. The summed E-state index contributed by atoms with van der Waals surface area (Å²) in [5.74, 6) is 1.30. The second kappa shape index (κ2) is 10.2. The van der Waals surface area contributed by atoms with Crippen molar-refractivity contribution in [3.8, 4) is 0 Å². The zero-order valence-corrected chi connectivity index (χ0v) is 19.6. The Morgan fingerprint density at radius 3 is 2.48 bits per heavy atom. The van der Waals surface area contributed by atoms with Crippen LogP contribution in [0.2, 0.25) is 5.02 Å². The van der Waals surface area contributed by atoms with E-state index in [1.807, 2.05) is 31.2 Å². The van der Waals surface area contributed by atoms with E-state index in [2.05, 4.69) is 22.1 Å². The number of carbonyl (C=O) groups is 1. The van der Waals surface area contributed by atoms with Gasteiger partial charge in [-0.05, 0) is 49.2 Å². The Labute approximate surface area is 198 Å². The highest BCUT2D eigenvalue weighted by Crippen LogP contribution is 2.26. The number of hydrogen-bond acceptors (Lipinski definition) is 4. The first-order chi connectivity index (χ1) is 15.9. The third kappa shape index (κ3) is 5.60. The van der Waals surface area contributed by atoms with Crippen LogP contribution in [0.4, 0.5) is 20.7 Å². The second-order valence-electron chi connectivity index (χ2n) is 8.09. The van der Waals surface area contributed by atoms with Crippen molar-refractivity contribution < 1.29 is 9.18 Å². The van der Waals surface area contributed by atoms with Crippen LogP contribution >= 0.6 is 11.6 Å². The first-order valence-electron chi connectivity index (χ1n) is 11.1. The topological polar surface area (TPSA) is 61.4 Å². The van der Waals surface area contributed by atoms with E-state index in [9.17, 15) is 9.18 Å².